The third kappa shape index (κ3) is 3.67. The number of thiazole rings is 1. The minimum atomic E-state index is -0.190. The van der Waals surface area contributed by atoms with Gasteiger partial charge < -0.3 is 4.90 Å². The van der Waals surface area contributed by atoms with Crippen LogP contribution in [0.4, 0.5) is 0 Å². The molecule has 3 aromatic rings. The summed E-state index contributed by atoms with van der Waals surface area (Å²) in [7, 11) is 0. The lowest BCUT2D eigenvalue weighted by Crippen LogP contribution is -2.39. The third-order valence-electron chi connectivity index (χ3n) is 5.41. The van der Waals surface area contributed by atoms with Gasteiger partial charge in [0.1, 0.15) is 0 Å². The SMILES string of the molecule is Cc1[nH]n(-c2nc(-c3ccccc3)cs2)c(=O)c1CC(=O)N1CCC(C)CC1. The molecule has 1 saturated heterocycles. The Kier molecular flexibility index (Phi) is 5.17. The average Bonchev–Trinajstić information content (AvgIpc) is 3.30. The van der Waals surface area contributed by atoms with Crippen LogP contribution in [0, 0.1) is 12.8 Å². The fourth-order valence-electron chi connectivity index (χ4n) is 3.55. The first kappa shape index (κ1) is 18.7. The first-order valence-electron chi connectivity index (χ1n) is 9.62. The Balaban J connectivity index is 1.56. The number of piperidine rings is 1. The van der Waals surface area contributed by atoms with Gasteiger partial charge in [0.05, 0.1) is 12.1 Å². The number of nitrogens with zero attached hydrogens (tertiary/aromatic N) is 3. The molecule has 1 N–H and O–H groups in total. The van der Waals surface area contributed by atoms with Gasteiger partial charge in [0.25, 0.3) is 5.56 Å². The zero-order chi connectivity index (χ0) is 19.7. The molecule has 0 saturated carbocycles. The molecular weight excluding hydrogens is 372 g/mol. The lowest BCUT2D eigenvalue weighted by molar-refractivity contribution is -0.131. The number of benzene rings is 1. The van der Waals surface area contributed by atoms with Gasteiger partial charge in [-0.05, 0) is 25.7 Å². The summed E-state index contributed by atoms with van der Waals surface area (Å²) in [6.07, 6.45) is 2.20. The monoisotopic (exact) mass is 396 g/mol. The van der Waals surface area contributed by atoms with Crippen molar-refractivity contribution in [3.8, 4) is 16.4 Å². The van der Waals surface area contributed by atoms with Crippen molar-refractivity contribution in [2.75, 3.05) is 13.1 Å². The van der Waals surface area contributed by atoms with E-state index in [-0.39, 0.29) is 17.9 Å². The molecule has 28 heavy (non-hydrogen) atoms. The van der Waals surface area contributed by atoms with Crippen LogP contribution in [0.25, 0.3) is 16.4 Å². The maximum absolute atomic E-state index is 12.9. The summed E-state index contributed by atoms with van der Waals surface area (Å²) in [5, 5.41) is 5.61. The van der Waals surface area contributed by atoms with Gasteiger partial charge in [0.2, 0.25) is 11.0 Å². The molecule has 2 aromatic heterocycles. The smallest absolute Gasteiger partial charge is 0.277 e. The summed E-state index contributed by atoms with van der Waals surface area (Å²) < 4.78 is 1.45. The molecule has 0 aliphatic carbocycles. The Morgan fingerprint density at radius 2 is 1.96 bits per heavy atom. The maximum atomic E-state index is 12.9. The molecule has 1 amide bonds. The first-order chi connectivity index (χ1) is 13.5. The number of aromatic amines is 1. The van der Waals surface area contributed by atoms with E-state index in [2.05, 4.69) is 17.0 Å². The highest BCUT2D eigenvalue weighted by Gasteiger charge is 2.23. The molecule has 0 radical (unpaired) electrons. The average molecular weight is 397 g/mol. The Labute approximate surface area is 167 Å². The quantitative estimate of drug-likeness (QED) is 0.735. The molecule has 0 unspecified atom stereocenters. The van der Waals surface area contributed by atoms with Gasteiger partial charge in [-0.25, -0.2) is 4.98 Å². The Morgan fingerprint density at radius 3 is 2.68 bits per heavy atom. The Morgan fingerprint density at radius 1 is 1.25 bits per heavy atom. The standard InChI is InChI=1S/C21H24N4O2S/c1-14-8-10-24(11-9-14)19(26)12-17-15(2)23-25(20(17)27)21-22-18(13-28-21)16-6-4-3-5-7-16/h3-7,13-14,23H,8-12H2,1-2H3. The molecule has 0 bridgehead atoms. The van der Waals surface area contributed by atoms with Crippen molar-refractivity contribution in [3.63, 3.8) is 0 Å². The summed E-state index contributed by atoms with van der Waals surface area (Å²) >= 11 is 1.41. The minimum absolute atomic E-state index is 0.0300. The molecule has 1 fully saturated rings. The molecule has 146 valence electrons. The number of likely N-dealkylation sites (tertiary alicyclic amines) is 1. The van der Waals surface area contributed by atoms with Crippen LogP contribution in [-0.4, -0.2) is 38.7 Å². The van der Waals surface area contributed by atoms with Crippen LogP contribution in [0.5, 0.6) is 0 Å². The van der Waals surface area contributed by atoms with Gasteiger partial charge in [0.15, 0.2) is 0 Å². The summed E-state index contributed by atoms with van der Waals surface area (Å²) in [5.41, 5.74) is 2.90. The highest BCUT2D eigenvalue weighted by Crippen LogP contribution is 2.23. The lowest BCUT2D eigenvalue weighted by atomic mass is 9.99. The molecule has 0 atom stereocenters. The molecule has 4 rings (SSSR count). The number of aryl methyl sites for hydroxylation is 1. The zero-order valence-electron chi connectivity index (χ0n) is 16.1. The number of amides is 1. The van der Waals surface area contributed by atoms with Crippen LogP contribution in [0.2, 0.25) is 0 Å². The number of hydrogen-bond donors (Lipinski definition) is 1. The van der Waals surface area contributed by atoms with Gasteiger partial charge in [-0.2, -0.15) is 4.68 Å². The number of nitrogens with one attached hydrogen (secondary N) is 1. The highest BCUT2D eigenvalue weighted by molar-refractivity contribution is 7.12. The summed E-state index contributed by atoms with van der Waals surface area (Å²) in [6.45, 7) is 5.62. The van der Waals surface area contributed by atoms with Crippen molar-refractivity contribution in [1.29, 1.82) is 0 Å². The molecule has 7 heteroatoms. The van der Waals surface area contributed by atoms with Gasteiger partial charge in [-0.3, -0.25) is 14.7 Å². The van der Waals surface area contributed by atoms with E-state index in [4.69, 9.17) is 0 Å². The molecule has 3 heterocycles. The number of H-pyrrole nitrogens is 1. The van der Waals surface area contributed by atoms with E-state index in [9.17, 15) is 9.59 Å². The van der Waals surface area contributed by atoms with Crippen molar-refractivity contribution < 1.29 is 4.79 Å². The van der Waals surface area contributed by atoms with E-state index >= 15 is 0 Å². The Hall–Kier alpha value is -2.67. The van der Waals surface area contributed by atoms with Crippen LogP contribution in [-0.2, 0) is 11.2 Å². The van der Waals surface area contributed by atoms with Crippen LogP contribution < -0.4 is 5.56 Å². The fourth-order valence-corrected chi connectivity index (χ4v) is 4.34. The van der Waals surface area contributed by atoms with Crippen molar-refractivity contribution in [1.82, 2.24) is 19.7 Å². The number of carbonyl (C=O) groups is 1. The van der Waals surface area contributed by atoms with Gasteiger partial charge >= 0.3 is 0 Å². The Bertz CT molecular complexity index is 1030. The summed E-state index contributed by atoms with van der Waals surface area (Å²) in [4.78, 5) is 32.1. The largest absolute Gasteiger partial charge is 0.342 e. The zero-order valence-corrected chi connectivity index (χ0v) is 17.0. The molecule has 1 aliphatic heterocycles. The van der Waals surface area contributed by atoms with E-state index in [0.29, 0.717) is 16.6 Å². The van der Waals surface area contributed by atoms with Gasteiger partial charge in [-0.1, -0.05) is 37.3 Å². The van der Waals surface area contributed by atoms with Crippen molar-refractivity contribution >= 4 is 17.2 Å². The lowest BCUT2D eigenvalue weighted by Gasteiger charge is -2.30. The van der Waals surface area contributed by atoms with E-state index in [1.165, 1.54) is 16.0 Å². The molecule has 0 spiro atoms. The second kappa shape index (κ2) is 7.75. The van der Waals surface area contributed by atoms with Crippen molar-refractivity contribution in [3.05, 3.63) is 57.3 Å². The van der Waals surface area contributed by atoms with E-state index in [1.807, 2.05) is 47.5 Å². The molecule has 1 aromatic carbocycles. The minimum Gasteiger partial charge on any atom is -0.342 e. The second-order valence-corrected chi connectivity index (χ2v) is 8.31. The van der Waals surface area contributed by atoms with E-state index < -0.39 is 0 Å². The van der Waals surface area contributed by atoms with E-state index in [0.717, 1.165) is 42.9 Å². The number of hydrogen-bond acceptors (Lipinski definition) is 4. The predicted octanol–water partition coefficient (Wildman–Crippen LogP) is 3.40. The number of carbonyl (C=O) groups excluding carboxylic acids is 1. The topological polar surface area (TPSA) is 71.0 Å². The molecule has 6 nitrogen and oxygen atoms in total. The number of aromatic nitrogens is 3. The predicted molar refractivity (Wildman–Crippen MR) is 111 cm³/mol. The highest BCUT2D eigenvalue weighted by atomic mass is 32.1. The first-order valence-corrected chi connectivity index (χ1v) is 10.5. The van der Waals surface area contributed by atoms with Crippen LogP contribution in [0.15, 0.2) is 40.5 Å². The second-order valence-electron chi connectivity index (χ2n) is 7.48. The van der Waals surface area contributed by atoms with E-state index in [1.54, 1.807) is 0 Å². The van der Waals surface area contributed by atoms with Gasteiger partial charge in [-0.15, -0.1) is 11.3 Å². The molecule has 1 aliphatic rings. The summed E-state index contributed by atoms with van der Waals surface area (Å²) in [6, 6.07) is 9.87. The normalized spacial score (nSPS) is 15.1. The van der Waals surface area contributed by atoms with Crippen LogP contribution >= 0.6 is 11.3 Å². The van der Waals surface area contributed by atoms with Crippen LogP contribution in [0.3, 0.4) is 0 Å². The van der Waals surface area contributed by atoms with Crippen molar-refractivity contribution in [2.45, 2.75) is 33.1 Å². The fraction of sp³-hybridized carbons (Fsp3) is 0.381. The third-order valence-corrected chi connectivity index (χ3v) is 6.24. The maximum Gasteiger partial charge on any atom is 0.277 e. The van der Waals surface area contributed by atoms with Crippen molar-refractivity contribution in [2.24, 2.45) is 5.92 Å². The van der Waals surface area contributed by atoms with Gasteiger partial charge in [0, 0.05) is 35.3 Å². The summed E-state index contributed by atoms with van der Waals surface area (Å²) in [5.74, 6) is 0.696. The molecular formula is C21H24N4O2S. The number of rotatable bonds is 4. The van der Waals surface area contributed by atoms with Crippen LogP contribution in [0.1, 0.15) is 31.0 Å².